The molecular formula is C22H15FN2O3S. The lowest BCUT2D eigenvalue weighted by molar-refractivity contribution is -0.112. The van der Waals surface area contributed by atoms with Gasteiger partial charge in [-0.3, -0.25) is 4.79 Å². The maximum Gasteiger partial charge on any atom is 0.266 e. The normalized spacial score (nSPS) is 12.9. The van der Waals surface area contributed by atoms with Crippen LogP contribution >= 0.6 is 11.3 Å². The van der Waals surface area contributed by atoms with E-state index in [4.69, 9.17) is 9.47 Å². The minimum atomic E-state index is -0.537. The lowest BCUT2D eigenvalue weighted by atomic mass is 10.2. The number of carbonyl (C=O) groups is 1. The average Bonchev–Trinajstić information content (AvgIpc) is 3.20. The molecule has 1 aliphatic rings. The predicted octanol–water partition coefficient (Wildman–Crippen LogP) is 4.87. The number of halogens is 1. The van der Waals surface area contributed by atoms with E-state index in [2.05, 4.69) is 5.32 Å². The molecule has 0 saturated heterocycles. The van der Waals surface area contributed by atoms with Crippen molar-refractivity contribution in [2.24, 2.45) is 0 Å². The number of benzene rings is 2. The van der Waals surface area contributed by atoms with Crippen LogP contribution < -0.4 is 14.8 Å². The van der Waals surface area contributed by atoms with Crippen LogP contribution in [-0.4, -0.2) is 19.1 Å². The van der Waals surface area contributed by atoms with Crippen LogP contribution in [0.2, 0.25) is 0 Å². The van der Waals surface area contributed by atoms with Crippen molar-refractivity contribution in [2.75, 3.05) is 18.5 Å². The molecule has 1 amide bonds. The van der Waals surface area contributed by atoms with E-state index in [9.17, 15) is 14.4 Å². The molecule has 7 heteroatoms. The van der Waals surface area contributed by atoms with Crippen molar-refractivity contribution in [1.29, 1.82) is 5.26 Å². The van der Waals surface area contributed by atoms with E-state index < -0.39 is 5.91 Å². The summed E-state index contributed by atoms with van der Waals surface area (Å²) < 4.78 is 24.9. The fourth-order valence-electron chi connectivity index (χ4n) is 2.85. The largest absolute Gasteiger partial charge is 0.486 e. The van der Waals surface area contributed by atoms with Crippen LogP contribution in [0.1, 0.15) is 4.88 Å². The molecule has 0 saturated carbocycles. The summed E-state index contributed by atoms with van der Waals surface area (Å²) in [5, 5.41) is 12.1. The Kier molecular flexibility index (Phi) is 5.27. The first-order valence-corrected chi connectivity index (χ1v) is 9.63. The van der Waals surface area contributed by atoms with Crippen molar-refractivity contribution in [3.8, 4) is 28.0 Å². The molecule has 0 bridgehead atoms. The molecule has 0 unspecified atom stereocenters. The highest BCUT2D eigenvalue weighted by molar-refractivity contribution is 7.16. The number of fused-ring (bicyclic) bond motifs is 1. The first kappa shape index (κ1) is 18.7. The van der Waals surface area contributed by atoms with Crippen LogP contribution in [-0.2, 0) is 4.79 Å². The van der Waals surface area contributed by atoms with Crippen molar-refractivity contribution >= 4 is 29.0 Å². The van der Waals surface area contributed by atoms with Crippen molar-refractivity contribution in [3.05, 3.63) is 70.9 Å². The average molecular weight is 406 g/mol. The molecule has 0 fully saturated rings. The highest BCUT2D eigenvalue weighted by Gasteiger charge is 2.15. The van der Waals surface area contributed by atoms with E-state index in [1.807, 2.05) is 6.07 Å². The first-order chi connectivity index (χ1) is 14.1. The van der Waals surface area contributed by atoms with E-state index >= 15 is 0 Å². The van der Waals surface area contributed by atoms with E-state index in [1.54, 1.807) is 48.5 Å². The first-order valence-electron chi connectivity index (χ1n) is 8.81. The maximum absolute atomic E-state index is 14.0. The Hall–Kier alpha value is -3.63. The summed E-state index contributed by atoms with van der Waals surface area (Å²) in [6.07, 6.45) is 1.49. The fraction of sp³-hybridized carbons (Fsp3) is 0.0909. The number of anilines is 1. The molecule has 0 atom stereocenters. The van der Waals surface area contributed by atoms with Crippen LogP contribution in [0.5, 0.6) is 11.5 Å². The minimum Gasteiger partial charge on any atom is -0.486 e. The highest BCUT2D eigenvalue weighted by atomic mass is 32.1. The number of hydrogen-bond acceptors (Lipinski definition) is 5. The summed E-state index contributed by atoms with van der Waals surface area (Å²) in [5.74, 6) is 0.306. The second kappa shape index (κ2) is 8.17. The molecule has 1 N–H and O–H groups in total. The predicted molar refractivity (Wildman–Crippen MR) is 109 cm³/mol. The number of thiophene rings is 1. The van der Waals surface area contributed by atoms with Gasteiger partial charge in [0.2, 0.25) is 0 Å². The summed E-state index contributed by atoms with van der Waals surface area (Å²) in [6, 6.07) is 17.0. The minimum absolute atomic E-state index is 0.0539. The summed E-state index contributed by atoms with van der Waals surface area (Å²) in [7, 11) is 0. The molecule has 2 heterocycles. The van der Waals surface area contributed by atoms with Gasteiger partial charge in [-0.1, -0.05) is 18.2 Å². The summed E-state index contributed by atoms with van der Waals surface area (Å²) in [4.78, 5) is 13.9. The summed E-state index contributed by atoms with van der Waals surface area (Å²) in [5.41, 5.74) is 0.928. The van der Waals surface area contributed by atoms with Gasteiger partial charge in [-0.05, 0) is 36.4 Å². The number of nitrogens with one attached hydrogen (secondary N) is 1. The Morgan fingerprint density at radius 3 is 2.69 bits per heavy atom. The summed E-state index contributed by atoms with van der Waals surface area (Å²) >= 11 is 1.30. The number of carbonyl (C=O) groups excluding carboxylic acids is 1. The zero-order valence-corrected chi connectivity index (χ0v) is 16.0. The van der Waals surface area contributed by atoms with Gasteiger partial charge in [0.15, 0.2) is 11.5 Å². The Morgan fingerprint density at radius 1 is 1.10 bits per heavy atom. The molecule has 29 heavy (non-hydrogen) atoms. The zero-order chi connectivity index (χ0) is 20.2. The van der Waals surface area contributed by atoms with E-state index in [0.717, 1.165) is 4.88 Å². The van der Waals surface area contributed by atoms with Crippen LogP contribution in [0, 0.1) is 17.1 Å². The molecule has 1 aliphatic heterocycles. The smallest absolute Gasteiger partial charge is 0.266 e. The van der Waals surface area contributed by atoms with E-state index in [-0.39, 0.29) is 11.4 Å². The highest BCUT2D eigenvalue weighted by Crippen LogP contribution is 2.33. The van der Waals surface area contributed by atoms with Crippen molar-refractivity contribution in [3.63, 3.8) is 0 Å². The third-order valence-electron chi connectivity index (χ3n) is 4.22. The molecule has 144 valence electrons. The SMILES string of the molecule is N#C/C(=C\c1ccc(-c2ccccc2F)s1)C(=O)Nc1ccc2c(c1)OCCO2. The quantitative estimate of drug-likeness (QED) is 0.496. The molecule has 5 nitrogen and oxygen atoms in total. The van der Waals surface area contributed by atoms with Crippen molar-refractivity contribution in [2.45, 2.75) is 0 Å². The topological polar surface area (TPSA) is 71.4 Å². The molecule has 3 aromatic rings. The van der Waals surface area contributed by atoms with Crippen LogP contribution in [0.4, 0.5) is 10.1 Å². The van der Waals surface area contributed by atoms with Crippen LogP contribution in [0.3, 0.4) is 0 Å². The number of amides is 1. The van der Waals surface area contributed by atoms with Gasteiger partial charge in [-0.25, -0.2) is 4.39 Å². The monoisotopic (exact) mass is 406 g/mol. The van der Waals surface area contributed by atoms with Gasteiger partial charge in [-0.2, -0.15) is 5.26 Å². The second-order valence-corrected chi connectivity index (χ2v) is 7.28. The summed E-state index contributed by atoms with van der Waals surface area (Å²) in [6.45, 7) is 0.923. The zero-order valence-electron chi connectivity index (χ0n) is 15.1. The molecule has 4 rings (SSSR count). The number of nitrogens with zero attached hydrogens (tertiary/aromatic N) is 1. The van der Waals surface area contributed by atoms with Crippen LogP contribution in [0.25, 0.3) is 16.5 Å². The lowest BCUT2D eigenvalue weighted by Crippen LogP contribution is -2.17. The molecule has 0 aliphatic carbocycles. The third kappa shape index (κ3) is 4.13. The van der Waals surface area contributed by atoms with Gasteiger partial charge < -0.3 is 14.8 Å². The Balaban J connectivity index is 1.53. The molecule has 2 aromatic carbocycles. The standard InChI is InChI=1S/C22H15FN2O3S/c23-18-4-2-1-3-17(18)21-8-6-16(29-21)11-14(13-24)22(26)25-15-5-7-19-20(12-15)28-10-9-27-19/h1-8,11-12H,9-10H2,(H,25,26)/b14-11+. The fourth-order valence-corrected chi connectivity index (χ4v) is 3.82. The molecule has 0 spiro atoms. The van der Waals surface area contributed by atoms with E-state index in [1.165, 1.54) is 23.5 Å². The van der Waals surface area contributed by atoms with Crippen LogP contribution in [0.15, 0.2) is 60.2 Å². The number of nitriles is 1. The van der Waals surface area contributed by atoms with Gasteiger partial charge in [0, 0.05) is 27.1 Å². The number of rotatable bonds is 4. The van der Waals surface area contributed by atoms with E-state index in [0.29, 0.717) is 40.8 Å². The molecule has 1 aromatic heterocycles. The second-order valence-electron chi connectivity index (χ2n) is 6.16. The Bertz CT molecular complexity index is 1150. The van der Waals surface area contributed by atoms with Gasteiger partial charge in [-0.15, -0.1) is 11.3 Å². The van der Waals surface area contributed by atoms with Gasteiger partial charge in [0.25, 0.3) is 5.91 Å². The molecular weight excluding hydrogens is 391 g/mol. The maximum atomic E-state index is 14.0. The Morgan fingerprint density at radius 2 is 1.90 bits per heavy atom. The van der Waals surface area contributed by atoms with Crippen molar-refractivity contribution < 1.29 is 18.7 Å². The molecule has 0 radical (unpaired) electrons. The lowest BCUT2D eigenvalue weighted by Gasteiger charge is -2.18. The Labute approximate surface area is 170 Å². The van der Waals surface area contributed by atoms with Gasteiger partial charge in [0.05, 0.1) is 0 Å². The third-order valence-corrected chi connectivity index (χ3v) is 5.28. The number of hydrogen-bond donors (Lipinski definition) is 1. The number of ether oxygens (including phenoxy) is 2. The van der Waals surface area contributed by atoms with Crippen molar-refractivity contribution in [1.82, 2.24) is 0 Å². The van der Waals surface area contributed by atoms with Gasteiger partial charge in [0.1, 0.15) is 30.7 Å². The van der Waals surface area contributed by atoms with Gasteiger partial charge >= 0.3 is 0 Å².